The number of ether oxygens (including phenoxy) is 4. The van der Waals surface area contributed by atoms with E-state index in [2.05, 4.69) is 0 Å². The second-order valence-corrected chi connectivity index (χ2v) is 6.56. The molecule has 0 saturated carbocycles. The molecule has 0 radical (unpaired) electrons. The zero-order chi connectivity index (χ0) is 21.8. The predicted molar refractivity (Wildman–Crippen MR) is 112 cm³/mol. The summed E-state index contributed by atoms with van der Waals surface area (Å²) in [4.78, 5) is 23.1. The Hall–Kier alpha value is -1.86. The Labute approximate surface area is 188 Å². The van der Waals surface area contributed by atoms with Gasteiger partial charge in [-0.15, -0.1) is 0 Å². The number of carbonyl (C=O) groups excluding carboxylic acids is 2. The highest BCUT2D eigenvalue weighted by Crippen LogP contribution is 2.28. The van der Waals surface area contributed by atoms with E-state index >= 15 is 0 Å². The molecular formula is C19H18Cl4O6. The van der Waals surface area contributed by atoms with Gasteiger partial charge in [-0.25, -0.2) is 9.59 Å². The summed E-state index contributed by atoms with van der Waals surface area (Å²) < 4.78 is 19.8. The van der Waals surface area contributed by atoms with Crippen LogP contribution in [0.5, 0.6) is 11.5 Å². The Kier molecular flexibility index (Phi) is 11.6. The number of hydrogen-bond donors (Lipinski definition) is 0. The highest BCUT2D eigenvalue weighted by Gasteiger charge is 2.11. The summed E-state index contributed by atoms with van der Waals surface area (Å²) in [5.41, 5.74) is 0. The summed E-state index contributed by atoms with van der Waals surface area (Å²) in [5, 5.41) is 1.37. The summed E-state index contributed by atoms with van der Waals surface area (Å²) >= 11 is 23.3. The van der Waals surface area contributed by atoms with Crippen molar-refractivity contribution in [3.8, 4) is 11.5 Å². The summed E-state index contributed by atoms with van der Waals surface area (Å²) in [7, 11) is 0. The average molecular weight is 484 g/mol. The first-order valence-corrected chi connectivity index (χ1v) is 9.83. The van der Waals surface area contributed by atoms with Crippen LogP contribution in [0.15, 0.2) is 36.4 Å². The lowest BCUT2D eigenvalue weighted by atomic mass is 10.3. The smallest absolute Gasteiger partial charge is 0.347 e. The van der Waals surface area contributed by atoms with Crippen LogP contribution in [0, 0.1) is 0 Å². The Balaban J connectivity index is 0.00000204. The molecule has 158 valence electrons. The predicted octanol–water partition coefficient (Wildman–Crippen LogP) is 5.83. The van der Waals surface area contributed by atoms with E-state index < -0.39 is 31.9 Å². The molecule has 0 atom stereocenters. The van der Waals surface area contributed by atoms with E-state index in [1.165, 1.54) is 24.3 Å². The molecule has 2 rings (SSSR count). The van der Waals surface area contributed by atoms with Gasteiger partial charge in [0.15, 0.2) is 13.2 Å². The van der Waals surface area contributed by atoms with Crippen LogP contribution in [-0.2, 0) is 19.1 Å². The maximum atomic E-state index is 11.6. The molecule has 0 spiro atoms. The molecule has 10 heteroatoms. The second kappa shape index (κ2) is 13.4. The highest BCUT2D eigenvalue weighted by atomic mass is 35.5. The zero-order valence-corrected chi connectivity index (χ0v) is 18.6. The lowest BCUT2D eigenvalue weighted by Gasteiger charge is -2.10. The van der Waals surface area contributed by atoms with Crippen molar-refractivity contribution in [2.45, 2.75) is 13.8 Å². The number of benzene rings is 2. The van der Waals surface area contributed by atoms with E-state index in [1.54, 1.807) is 12.1 Å². The molecule has 0 fully saturated rings. The van der Waals surface area contributed by atoms with Crippen molar-refractivity contribution in [2.75, 3.05) is 20.0 Å². The quantitative estimate of drug-likeness (QED) is 0.347. The van der Waals surface area contributed by atoms with Crippen LogP contribution in [0.4, 0.5) is 0 Å². The number of halogens is 4. The van der Waals surface area contributed by atoms with Gasteiger partial charge in [0.25, 0.3) is 0 Å². The molecule has 0 unspecified atom stereocenters. The monoisotopic (exact) mass is 482 g/mol. The normalized spacial score (nSPS) is 9.72. The van der Waals surface area contributed by atoms with Crippen LogP contribution in [0.25, 0.3) is 0 Å². The molecule has 0 aliphatic carbocycles. The van der Waals surface area contributed by atoms with Gasteiger partial charge in [-0.2, -0.15) is 0 Å². The lowest BCUT2D eigenvalue weighted by Crippen LogP contribution is -2.21. The van der Waals surface area contributed by atoms with Gasteiger partial charge in [0.2, 0.25) is 6.79 Å². The molecule has 0 aliphatic rings. The molecule has 0 aliphatic heterocycles. The lowest BCUT2D eigenvalue weighted by molar-refractivity contribution is -0.169. The van der Waals surface area contributed by atoms with E-state index in [9.17, 15) is 9.59 Å². The van der Waals surface area contributed by atoms with E-state index in [4.69, 9.17) is 65.4 Å². The van der Waals surface area contributed by atoms with Gasteiger partial charge in [-0.3, -0.25) is 0 Å². The van der Waals surface area contributed by atoms with Crippen molar-refractivity contribution >= 4 is 58.3 Å². The van der Waals surface area contributed by atoms with Crippen molar-refractivity contribution in [2.24, 2.45) is 0 Å². The fraction of sp³-hybridized carbons (Fsp3) is 0.263. The topological polar surface area (TPSA) is 71.1 Å². The van der Waals surface area contributed by atoms with Crippen LogP contribution in [0.2, 0.25) is 20.1 Å². The first kappa shape index (κ1) is 25.2. The fourth-order valence-electron chi connectivity index (χ4n) is 1.70. The van der Waals surface area contributed by atoms with Crippen LogP contribution in [0.1, 0.15) is 13.8 Å². The summed E-state index contributed by atoms with van der Waals surface area (Å²) in [6.07, 6.45) is 0. The van der Waals surface area contributed by atoms with Crippen molar-refractivity contribution < 1.29 is 28.5 Å². The third kappa shape index (κ3) is 9.45. The highest BCUT2D eigenvalue weighted by molar-refractivity contribution is 6.36. The number of esters is 2. The number of rotatable bonds is 8. The minimum atomic E-state index is -0.754. The Morgan fingerprint density at radius 1 is 0.724 bits per heavy atom. The Morgan fingerprint density at radius 2 is 1.10 bits per heavy atom. The van der Waals surface area contributed by atoms with Gasteiger partial charge in [0.05, 0.1) is 10.0 Å². The molecule has 0 N–H and O–H groups in total. The minimum absolute atomic E-state index is 0.250. The molecule has 0 amide bonds. The maximum Gasteiger partial charge on any atom is 0.347 e. The summed E-state index contributed by atoms with van der Waals surface area (Å²) in [6, 6.07) is 9.08. The van der Waals surface area contributed by atoms with Crippen LogP contribution < -0.4 is 9.47 Å². The molecule has 0 heterocycles. The molecule has 0 aromatic heterocycles. The molecule has 29 heavy (non-hydrogen) atoms. The average Bonchev–Trinajstić information content (AvgIpc) is 2.68. The van der Waals surface area contributed by atoms with E-state index in [1.807, 2.05) is 13.8 Å². The van der Waals surface area contributed by atoms with E-state index in [0.29, 0.717) is 10.0 Å². The maximum absolute atomic E-state index is 11.6. The standard InChI is InChI=1S/C17H12Cl4O6.C2H6/c18-10-1-3-14(12(20)5-10)24-7-16(22)26-9-27-17(23)8-25-15-4-2-11(19)6-13(15)21;1-2/h1-6H,7-9H2;1-2H3. The van der Waals surface area contributed by atoms with Gasteiger partial charge < -0.3 is 18.9 Å². The van der Waals surface area contributed by atoms with Gasteiger partial charge in [-0.05, 0) is 36.4 Å². The Bertz CT molecular complexity index is 761. The van der Waals surface area contributed by atoms with Crippen LogP contribution >= 0.6 is 46.4 Å². The molecular weight excluding hydrogens is 466 g/mol. The Morgan fingerprint density at radius 3 is 1.45 bits per heavy atom. The largest absolute Gasteiger partial charge is 0.480 e. The first-order valence-electron chi connectivity index (χ1n) is 8.32. The van der Waals surface area contributed by atoms with Crippen molar-refractivity contribution in [3.05, 3.63) is 56.5 Å². The summed E-state index contributed by atoms with van der Waals surface area (Å²) in [5.74, 6) is -0.975. The van der Waals surface area contributed by atoms with E-state index in [-0.39, 0.29) is 21.5 Å². The molecule has 0 saturated heterocycles. The number of carbonyl (C=O) groups is 2. The van der Waals surface area contributed by atoms with Gasteiger partial charge >= 0.3 is 11.9 Å². The summed E-state index contributed by atoms with van der Waals surface area (Å²) in [6.45, 7) is 2.57. The first-order chi connectivity index (χ1) is 13.8. The SMILES string of the molecule is CC.O=C(COc1ccc(Cl)cc1Cl)OCOC(=O)COc1ccc(Cl)cc1Cl. The third-order valence-corrected chi connectivity index (χ3v) is 3.98. The molecule has 0 bridgehead atoms. The minimum Gasteiger partial charge on any atom is -0.480 e. The second-order valence-electron chi connectivity index (χ2n) is 4.88. The molecule has 2 aromatic rings. The fourth-order valence-corrected chi connectivity index (χ4v) is 2.63. The third-order valence-electron chi connectivity index (χ3n) is 2.92. The van der Waals surface area contributed by atoms with Gasteiger partial charge in [-0.1, -0.05) is 60.3 Å². The molecule has 6 nitrogen and oxygen atoms in total. The van der Waals surface area contributed by atoms with Crippen LogP contribution in [-0.4, -0.2) is 31.9 Å². The van der Waals surface area contributed by atoms with Crippen LogP contribution in [0.3, 0.4) is 0 Å². The molecule has 2 aromatic carbocycles. The zero-order valence-electron chi connectivity index (χ0n) is 15.5. The van der Waals surface area contributed by atoms with Crippen molar-refractivity contribution in [1.29, 1.82) is 0 Å². The van der Waals surface area contributed by atoms with Crippen molar-refractivity contribution in [3.63, 3.8) is 0 Å². The van der Waals surface area contributed by atoms with Gasteiger partial charge in [0, 0.05) is 10.0 Å². The number of hydrogen-bond acceptors (Lipinski definition) is 6. The van der Waals surface area contributed by atoms with E-state index in [0.717, 1.165) is 0 Å². The van der Waals surface area contributed by atoms with Gasteiger partial charge in [0.1, 0.15) is 11.5 Å². The van der Waals surface area contributed by atoms with Crippen molar-refractivity contribution in [1.82, 2.24) is 0 Å².